The minimum absolute atomic E-state index is 0.110. The molecule has 1 unspecified atom stereocenters. The highest BCUT2D eigenvalue weighted by atomic mass is 32.2. The number of thioether (sulfide) groups is 1. The van der Waals surface area contributed by atoms with Crippen LogP contribution in [0.1, 0.15) is 33.6 Å². The number of carbonyl (C=O) groups excluding carboxylic acids is 2. The van der Waals surface area contributed by atoms with E-state index in [-0.39, 0.29) is 16.3 Å². The quantitative estimate of drug-likeness (QED) is 0.739. The van der Waals surface area contributed by atoms with E-state index in [1.165, 1.54) is 11.8 Å². The first-order valence-electron chi connectivity index (χ1n) is 5.44. The van der Waals surface area contributed by atoms with E-state index < -0.39 is 0 Å². The Morgan fingerprint density at radius 3 is 2.80 bits per heavy atom. The minimum atomic E-state index is 0.110. The molecule has 1 amide bonds. The molecule has 1 atom stereocenters. The third kappa shape index (κ3) is 4.24. The largest absolute Gasteiger partial charge is 0.342 e. The Morgan fingerprint density at radius 1 is 1.60 bits per heavy atom. The Labute approximate surface area is 95.6 Å². The fourth-order valence-corrected chi connectivity index (χ4v) is 2.63. The predicted molar refractivity (Wildman–Crippen MR) is 62.7 cm³/mol. The summed E-state index contributed by atoms with van der Waals surface area (Å²) in [6.45, 7) is 7.46. The van der Waals surface area contributed by atoms with E-state index in [2.05, 4.69) is 13.8 Å². The van der Waals surface area contributed by atoms with Gasteiger partial charge < -0.3 is 4.90 Å². The van der Waals surface area contributed by atoms with Crippen LogP contribution in [0.4, 0.5) is 0 Å². The summed E-state index contributed by atoms with van der Waals surface area (Å²) in [5, 5.41) is 0.292. The van der Waals surface area contributed by atoms with Crippen LogP contribution in [0, 0.1) is 5.92 Å². The first-order valence-corrected chi connectivity index (χ1v) is 6.32. The molecule has 0 radical (unpaired) electrons. The van der Waals surface area contributed by atoms with Gasteiger partial charge in [-0.2, -0.15) is 0 Å². The fraction of sp³-hybridized carbons (Fsp3) is 0.818. The summed E-state index contributed by atoms with van der Waals surface area (Å²) < 4.78 is 0. The number of nitrogens with zero attached hydrogens (tertiary/aromatic N) is 1. The molecule has 3 nitrogen and oxygen atoms in total. The average molecular weight is 229 g/mol. The first-order chi connectivity index (χ1) is 6.99. The molecule has 0 bridgehead atoms. The van der Waals surface area contributed by atoms with Crippen LogP contribution < -0.4 is 0 Å². The Balaban J connectivity index is 2.35. The van der Waals surface area contributed by atoms with E-state index in [9.17, 15) is 9.59 Å². The van der Waals surface area contributed by atoms with Crippen molar-refractivity contribution in [1.82, 2.24) is 4.90 Å². The van der Waals surface area contributed by atoms with E-state index in [1.807, 2.05) is 4.90 Å². The fourth-order valence-electron chi connectivity index (χ4n) is 1.68. The number of rotatable bonds is 4. The maximum atomic E-state index is 11.6. The van der Waals surface area contributed by atoms with Crippen molar-refractivity contribution in [3.8, 4) is 0 Å². The molecule has 1 saturated heterocycles. The first kappa shape index (κ1) is 12.6. The molecule has 1 aliphatic rings. The zero-order valence-corrected chi connectivity index (χ0v) is 10.5. The molecule has 15 heavy (non-hydrogen) atoms. The van der Waals surface area contributed by atoms with Gasteiger partial charge >= 0.3 is 0 Å². The van der Waals surface area contributed by atoms with Gasteiger partial charge in [0.25, 0.3) is 0 Å². The molecule has 0 N–H and O–H groups in total. The highest BCUT2D eigenvalue weighted by Gasteiger charge is 2.30. The molecule has 1 aliphatic heterocycles. The maximum Gasteiger partial charge on any atom is 0.223 e. The van der Waals surface area contributed by atoms with Gasteiger partial charge in [0, 0.05) is 31.7 Å². The Kier molecular flexibility index (Phi) is 4.64. The smallest absolute Gasteiger partial charge is 0.223 e. The molecule has 0 aliphatic carbocycles. The molecule has 0 aromatic carbocycles. The van der Waals surface area contributed by atoms with Crippen molar-refractivity contribution < 1.29 is 9.59 Å². The molecule has 0 spiro atoms. The topological polar surface area (TPSA) is 37.4 Å². The summed E-state index contributed by atoms with van der Waals surface area (Å²) in [6.07, 6.45) is 1.57. The van der Waals surface area contributed by atoms with Crippen molar-refractivity contribution in [2.45, 2.75) is 38.9 Å². The highest BCUT2D eigenvalue weighted by molar-refractivity contribution is 8.14. The van der Waals surface area contributed by atoms with E-state index in [0.717, 1.165) is 19.5 Å². The summed E-state index contributed by atoms with van der Waals surface area (Å²) in [4.78, 5) is 24.4. The summed E-state index contributed by atoms with van der Waals surface area (Å²) >= 11 is 1.30. The standard InChI is InChI=1S/C11H19NO2S/c1-8(2)4-5-12-7-10(6-11(12)14)15-9(3)13/h8,10H,4-7H2,1-3H3. The van der Waals surface area contributed by atoms with Gasteiger partial charge in [0.05, 0.1) is 0 Å². The lowest BCUT2D eigenvalue weighted by molar-refractivity contribution is -0.127. The number of hydrogen-bond donors (Lipinski definition) is 0. The van der Waals surface area contributed by atoms with E-state index in [1.54, 1.807) is 6.92 Å². The van der Waals surface area contributed by atoms with Gasteiger partial charge in [0.1, 0.15) is 0 Å². The normalized spacial score (nSPS) is 21.5. The van der Waals surface area contributed by atoms with Crippen LogP contribution in [0.15, 0.2) is 0 Å². The molecular weight excluding hydrogens is 210 g/mol. The second kappa shape index (κ2) is 5.54. The number of hydrogen-bond acceptors (Lipinski definition) is 3. The van der Waals surface area contributed by atoms with Crippen molar-refractivity contribution >= 4 is 22.8 Å². The van der Waals surface area contributed by atoms with Crippen LogP contribution in [0.25, 0.3) is 0 Å². The molecule has 86 valence electrons. The lowest BCUT2D eigenvalue weighted by atomic mass is 10.1. The van der Waals surface area contributed by atoms with E-state index in [0.29, 0.717) is 12.3 Å². The molecule has 1 rings (SSSR count). The monoisotopic (exact) mass is 229 g/mol. The van der Waals surface area contributed by atoms with Crippen molar-refractivity contribution in [3.63, 3.8) is 0 Å². The van der Waals surface area contributed by atoms with Gasteiger partial charge in [-0.3, -0.25) is 9.59 Å². The van der Waals surface area contributed by atoms with Crippen molar-refractivity contribution in [1.29, 1.82) is 0 Å². The molecule has 4 heteroatoms. The average Bonchev–Trinajstić information content (AvgIpc) is 2.41. The van der Waals surface area contributed by atoms with Gasteiger partial charge in [-0.05, 0) is 12.3 Å². The van der Waals surface area contributed by atoms with E-state index in [4.69, 9.17) is 0 Å². The number of carbonyl (C=O) groups is 2. The van der Waals surface area contributed by atoms with Crippen LogP contribution in [0.3, 0.4) is 0 Å². The van der Waals surface area contributed by atoms with Gasteiger partial charge in [-0.15, -0.1) is 0 Å². The Morgan fingerprint density at radius 2 is 2.27 bits per heavy atom. The van der Waals surface area contributed by atoms with Crippen LogP contribution in [0.5, 0.6) is 0 Å². The van der Waals surface area contributed by atoms with Crippen LogP contribution in [0.2, 0.25) is 0 Å². The molecule has 0 aromatic rings. The van der Waals surface area contributed by atoms with Crippen LogP contribution in [-0.2, 0) is 9.59 Å². The molecule has 0 saturated carbocycles. The Bertz CT molecular complexity index is 253. The van der Waals surface area contributed by atoms with Crippen molar-refractivity contribution in [3.05, 3.63) is 0 Å². The van der Waals surface area contributed by atoms with Crippen molar-refractivity contribution in [2.24, 2.45) is 5.92 Å². The maximum absolute atomic E-state index is 11.6. The molecule has 1 heterocycles. The van der Waals surface area contributed by atoms with Gasteiger partial charge in [0.15, 0.2) is 5.12 Å². The molecular formula is C11H19NO2S. The lowest BCUT2D eigenvalue weighted by Crippen LogP contribution is -2.27. The predicted octanol–water partition coefficient (Wildman–Crippen LogP) is 1.91. The van der Waals surface area contributed by atoms with Gasteiger partial charge in [-0.25, -0.2) is 0 Å². The highest BCUT2D eigenvalue weighted by Crippen LogP contribution is 2.24. The van der Waals surface area contributed by atoms with Gasteiger partial charge in [0.2, 0.25) is 5.91 Å². The molecule has 0 aromatic heterocycles. The van der Waals surface area contributed by atoms with Crippen LogP contribution >= 0.6 is 11.8 Å². The zero-order chi connectivity index (χ0) is 11.4. The SMILES string of the molecule is CC(=O)SC1CC(=O)N(CCC(C)C)C1. The third-order valence-electron chi connectivity index (χ3n) is 2.49. The lowest BCUT2D eigenvalue weighted by Gasteiger charge is -2.17. The summed E-state index contributed by atoms with van der Waals surface area (Å²) in [7, 11) is 0. The van der Waals surface area contributed by atoms with Crippen LogP contribution in [-0.4, -0.2) is 34.3 Å². The third-order valence-corrected chi connectivity index (χ3v) is 3.47. The summed E-state index contributed by atoms with van der Waals surface area (Å²) in [5.74, 6) is 0.826. The number of likely N-dealkylation sites (tertiary alicyclic amines) is 1. The van der Waals surface area contributed by atoms with Gasteiger partial charge in [-0.1, -0.05) is 25.6 Å². The summed E-state index contributed by atoms with van der Waals surface area (Å²) in [5.41, 5.74) is 0. The van der Waals surface area contributed by atoms with E-state index >= 15 is 0 Å². The minimum Gasteiger partial charge on any atom is -0.342 e. The second-order valence-corrected chi connectivity index (χ2v) is 5.94. The van der Waals surface area contributed by atoms with Crippen molar-refractivity contribution in [2.75, 3.05) is 13.1 Å². The zero-order valence-electron chi connectivity index (χ0n) is 9.66. The molecule has 1 fully saturated rings. The summed E-state index contributed by atoms with van der Waals surface area (Å²) in [6, 6.07) is 0. The second-order valence-electron chi connectivity index (χ2n) is 4.46. The Hall–Kier alpha value is -0.510. The number of amides is 1.